The Kier molecular flexibility index (Phi) is 6.26. The molecule has 2 rings (SSSR count). The van der Waals surface area contributed by atoms with E-state index >= 15 is 0 Å². The molecule has 1 N–H and O–H groups in total. The number of benzene rings is 2. The van der Waals surface area contributed by atoms with E-state index in [0.717, 1.165) is 5.56 Å². The predicted octanol–water partition coefficient (Wildman–Crippen LogP) is 2.82. The molecule has 2 aromatic rings. The van der Waals surface area contributed by atoms with Gasteiger partial charge in [-0.05, 0) is 55.8 Å². The van der Waals surface area contributed by atoms with Crippen LogP contribution in [0.2, 0.25) is 0 Å². The van der Waals surface area contributed by atoms with Crippen LogP contribution in [0.4, 0.5) is 0 Å². The first-order chi connectivity index (χ1) is 12.3. The summed E-state index contributed by atoms with van der Waals surface area (Å²) in [5, 5.41) is 2.29. The monoisotopic (exact) mass is 377 g/mol. The highest BCUT2D eigenvalue weighted by Crippen LogP contribution is 2.22. The average molecular weight is 377 g/mol. The Morgan fingerprint density at radius 1 is 1.00 bits per heavy atom. The van der Waals surface area contributed by atoms with Crippen molar-refractivity contribution in [3.8, 4) is 11.5 Å². The van der Waals surface area contributed by atoms with Crippen molar-refractivity contribution >= 4 is 15.7 Å². The number of hydrogen-bond donors (Lipinski definition) is 1. The van der Waals surface area contributed by atoms with Crippen LogP contribution in [0, 0.1) is 0 Å². The summed E-state index contributed by atoms with van der Waals surface area (Å²) in [6.07, 6.45) is 0. The van der Waals surface area contributed by atoms with E-state index in [0.29, 0.717) is 23.6 Å². The van der Waals surface area contributed by atoms with Gasteiger partial charge in [0.25, 0.3) is 5.91 Å². The topological polar surface area (TPSA) is 81.7 Å². The fourth-order valence-corrected chi connectivity index (χ4v) is 3.38. The van der Waals surface area contributed by atoms with Crippen LogP contribution in [0.3, 0.4) is 0 Å². The molecule has 0 aromatic heterocycles. The maximum Gasteiger partial charge on any atom is 0.251 e. The highest BCUT2D eigenvalue weighted by Gasteiger charge is 2.19. The molecule has 0 aliphatic carbocycles. The fraction of sp³-hybridized carbons (Fsp3) is 0.316. The van der Waals surface area contributed by atoms with Crippen LogP contribution >= 0.6 is 0 Å². The Hall–Kier alpha value is -2.54. The van der Waals surface area contributed by atoms with Crippen LogP contribution < -0.4 is 14.8 Å². The molecule has 0 aliphatic rings. The Morgan fingerprint density at radius 3 is 2.00 bits per heavy atom. The number of nitrogens with one attached hydrogen (secondary N) is 1. The summed E-state index contributed by atoms with van der Waals surface area (Å²) in [7, 11) is -0.231. The zero-order valence-electron chi connectivity index (χ0n) is 15.3. The Morgan fingerprint density at radius 2 is 1.54 bits per heavy atom. The second-order valence-corrected chi connectivity index (χ2v) is 8.53. The van der Waals surface area contributed by atoms with Crippen LogP contribution in [0.5, 0.6) is 11.5 Å². The minimum atomic E-state index is -3.35. The number of carbonyl (C=O) groups is 1. The summed E-state index contributed by atoms with van der Waals surface area (Å²) >= 11 is 0. The van der Waals surface area contributed by atoms with E-state index in [1.165, 1.54) is 24.3 Å². The highest BCUT2D eigenvalue weighted by molar-refractivity contribution is 7.92. The summed E-state index contributed by atoms with van der Waals surface area (Å²) in [6.45, 7) is 3.54. The molecule has 0 bridgehead atoms. The van der Waals surface area contributed by atoms with Gasteiger partial charge in [0.2, 0.25) is 0 Å². The molecular formula is C19H23NO5S. The SMILES string of the molecule is COc1cc(CNC(=O)c2ccc(S(=O)(=O)C(C)C)cc2)cc(OC)c1. The predicted molar refractivity (Wildman–Crippen MR) is 99.5 cm³/mol. The van der Waals surface area contributed by atoms with Crippen LogP contribution in [0.15, 0.2) is 47.4 Å². The number of ether oxygens (including phenoxy) is 2. The van der Waals surface area contributed by atoms with Crippen molar-refractivity contribution in [2.45, 2.75) is 30.5 Å². The molecule has 0 unspecified atom stereocenters. The molecule has 0 saturated heterocycles. The van der Waals surface area contributed by atoms with Crippen LogP contribution in [0.1, 0.15) is 29.8 Å². The van der Waals surface area contributed by atoms with Crippen molar-refractivity contribution < 1.29 is 22.7 Å². The minimum Gasteiger partial charge on any atom is -0.497 e. The lowest BCUT2D eigenvalue weighted by atomic mass is 10.1. The fourth-order valence-electron chi connectivity index (χ4n) is 2.32. The van der Waals surface area contributed by atoms with Gasteiger partial charge in [-0.1, -0.05) is 0 Å². The van der Waals surface area contributed by atoms with Gasteiger partial charge >= 0.3 is 0 Å². The molecule has 1 amide bonds. The van der Waals surface area contributed by atoms with Crippen molar-refractivity contribution in [1.82, 2.24) is 5.32 Å². The number of hydrogen-bond acceptors (Lipinski definition) is 5. The molecule has 26 heavy (non-hydrogen) atoms. The van der Waals surface area contributed by atoms with Crippen molar-refractivity contribution in [1.29, 1.82) is 0 Å². The number of methoxy groups -OCH3 is 2. The van der Waals surface area contributed by atoms with Gasteiger partial charge in [-0.25, -0.2) is 8.42 Å². The van der Waals surface area contributed by atoms with Crippen molar-refractivity contribution in [3.05, 3.63) is 53.6 Å². The Labute approximate surface area is 154 Å². The van der Waals surface area contributed by atoms with E-state index in [-0.39, 0.29) is 10.8 Å². The molecule has 6 nitrogen and oxygen atoms in total. The van der Waals surface area contributed by atoms with E-state index in [9.17, 15) is 13.2 Å². The second kappa shape index (κ2) is 8.23. The smallest absolute Gasteiger partial charge is 0.251 e. The van der Waals surface area contributed by atoms with Gasteiger partial charge in [0.15, 0.2) is 9.84 Å². The van der Waals surface area contributed by atoms with E-state index in [1.807, 2.05) is 0 Å². The third kappa shape index (κ3) is 4.54. The summed E-state index contributed by atoms with van der Waals surface area (Å²) in [5.41, 5.74) is 1.22. The van der Waals surface area contributed by atoms with Gasteiger partial charge < -0.3 is 14.8 Å². The number of sulfone groups is 1. The normalized spacial score (nSPS) is 11.3. The lowest BCUT2D eigenvalue weighted by Crippen LogP contribution is -2.23. The maximum atomic E-state index is 12.3. The first-order valence-corrected chi connectivity index (χ1v) is 9.66. The van der Waals surface area contributed by atoms with Gasteiger partial charge in [0, 0.05) is 18.2 Å². The van der Waals surface area contributed by atoms with Crippen molar-refractivity contribution in [2.24, 2.45) is 0 Å². The summed E-state index contributed by atoms with van der Waals surface area (Å²) in [5.74, 6) is 0.981. The van der Waals surface area contributed by atoms with Gasteiger partial charge in [-0.2, -0.15) is 0 Å². The largest absolute Gasteiger partial charge is 0.497 e. The van der Waals surface area contributed by atoms with Gasteiger partial charge in [-0.15, -0.1) is 0 Å². The molecule has 0 radical (unpaired) electrons. The summed E-state index contributed by atoms with van der Waals surface area (Å²) < 4.78 is 34.6. The third-order valence-corrected chi connectivity index (χ3v) is 6.10. The zero-order valence-corrected chi connectivity index (χ0v) is 16.1. The van der Waals surface area contributed by atoms with Gasteiger partial charge in [0.05, 0.1) is 24.4 Å². The molecule has 140 valence electrons. The summed E-state index contributed by atoms with van der Waals surface area (Å²) in [6, 6.07) is 11.3. The van der Waals surface area contributed by atoms with E-state index in [2.05, 4.69) is 5.32 Å². The van der Waals surface area contributed by atoms with Crippen molar-refractivity contribution in [2.75, 3.05) is 14.2 Å². The average Bonchev–Trinajstić information content (AvgIpc) is 2.65. The third-order valence-electron chi connectivity index (χ3n) is 3.93. The van der Waals surface area contributed by atoms with E-state index < -0.39 is 15.1 Å². The molecule has 2 aromatic carbocycles. The first-order valence-electron chi connectivity index (χ1n) is 8.12. The molecule has 0 heterocycles. The molecule has 0 spiro atoms. The second-order valence-electron chi connectivity index (χ2n) is 6.02. The molecule has 0 aliphatic heterocycles. The van der Waals surface area contributed by atoms with Crippen molar-refractivity contribution in [3.63, 3.8) is 0 Å². The van der Waals surface area contributed by atoms with Crippen LogP contribution in [-0.2, 0) is 16.4 Å². The maximum absolute atomic E-state index is 12.3. The summed E-state index contributed by atoms with van der Waals surface area (Å²) in [4.78, 5) is 12.5. The molecule has 7 heteroatoms. The Balaban J connectivity index is 2.09. The molecule has 0 atom stereocenters. The number of amides is 1. The minimum absolute atomic E-state index is 0.210. The van der Waals surface area contributed by atoms with E-state index in [1.54, 1.807) is 46.3 Å². The van der Waals surface area contributed by atoms with Crippen LogP contribution in [0.25, 0.3) is 0 Å². The highest BCUT2D eigenvalue weighted by atomic mass is 32.2. The number of rotatable bonds is 7. The zero-order chi connectivity index (χ0) is 19.3. The van der Waals surface area contributed by atoms with Gasteiger partial charge in [-0.3, -0.25) is 4.79 Å². The van der Waals surface area contributed by atoms with Crippen LogP contribution in [-0.4, -0.2) is 33.8 Å². The standard InChI is InChI=1S/C19H23NO5S/c1-13(2)26(22,23)18-7-5-15(6-8-18)19(21)20-12-14-9-16(24-3)11-17(10-14)25-4/h5-11,13H,12H2,1-4H3,(H,20,21). The lowest BCUT2D eigenvalue weighted by Gasteiger charge is -2.11. The number of carbonyl (C=O) groups excluding carboxylic acids is 1. The van der Waals surface area contributed by atoms with Gasteiger partial charge in [0.1, 0.15) is 11.5 Å². The molecule has 0 fully saturated rings. The lowest BCUT2D eigenvalue weighted by molar-refractivity contribution is 0.0950. The first kappa shape index (κ1) is 19.8. The quantitative estimate of drug-likeness (QED) is 0.802. The Bertz CT molecular complexity index is 851. The van der Waals surface area contributed by atoms with E-state index in [4.69, 9.17) is 9.47 Å². The molecular weight excluding hydrogens is 354 g/mol. The molecule has 0 saturated carbocycles.